The van der Waals surface area contributed by atoms with Crippen molar-refractivity contribution in [2.45, 2.75) is 52.6 Å². The Morgan fingerprint density at radius 2 is 1.90 bits per heavy atom. The Kier molecular flexibility index (Phi) is 4.43. The Hall–Kier alpha value is -2.33. The zero-order valence-corrected chi connectivity index (χ0v) is 18.2. The number of carbonyl (C=O) groups excluding carboxylic acids is 1. The first-order valence-electron chi connectivity index (χ1n) is 10.7. The van der Waals surface area contributed by atoms with E-state index in [2.05, 4.69) is 73.9 Å². The molecule has 2 aromatic carbocycles. The van der Waals surface area contributed by atoms with Crippen molar-refractivity contribution in [3.05, 3.63) is 64.0 Å². The molecule has 1 amide bonds. The molecule has 0 saturated carbocycles. The summed E-state index contributed by atoms with van der Waals surface area (Å²) in [5.74, 6) is 0.763. The molecule has 150 valence electrons. The molecule has 3 aromatic rings. The minimum Gasteiger partial charge on any atom is -0.353 e. The van der Waals surface area contributed by atoms with Gasteiger partial charge in [0.25, 0.3) is 5.91 Å². The molecule has 1 aromatic heterocycles. The number of fused-ring (bicyclic) bond motifs is 4. The highest BCUT2D eigenvalue weighted by Crippen LogP contribution is 2.47. The van der Waals surface area contributed by atoms with E-state index < -0.39 is 0 Å². The molecule has 2 heterocycles. The molecule has 0 radical (unpaired) electrons. The maximum absolute atomic E-state index is 13.1. The van der Waals surface area contributed by atoms with E-state index in [9.17, 15) is 4.79 Å². The highest BCUT2D eigenvalue weighted by Gasteiger charge is 2.37. The van der Waals surface area contributed by atoms with Crippen LogP contribution in [0.5, 0.6) is 0 Å². The molecule has 2 aliphatic rings. The van der Waals surface area contributed by atoms with E-state index in [0.29, 0.717) is 11.3 Å². The van der Waals surface area contributed by atoms with Crippen LogP contribution in [0.15, 0.2) is 42.5 Å². The van der Waals surface area contributed by atoms with Crippen LogP contribution in [0, 0.1) is 11.3 Å². The second-order valence-electron chi connectivity index (χ2n) is 9.11. The molecule has 2 N–H and O–H groups in total. The number of thiophene rings is 1. The van der Waals surface area contributed by atoms with Crippen molar-refractivity contribution < 1.29 is 4.79 Å². The first-order valence-corrected chi connectivity index (χ1v) is 11.5. The topological polar surface area (TPSA) is 41.1 Å². The van der Waals surface area contributed by atoms with Gasteiger partial charge in [0.1, 0.15) is 11.2 Å². The maximum atomic E-state index is 13.1. The lowest BCUT2D eigenvalue weighted by Crippen LogP contribution is -2.38. The van der Waals surface area contributed by atoms with Gasteiger partial charge in [-0.2, -0.15) is 0 Å². The van der Waals surface area contributed by atoms with Crippen LogP contribution in [0.1, 0.15) is 66.1 Å². The van der Waals surface area contributed by atoms with Gasteiger partial charge in [-0.05, 0) is 46.9 Å². The monoisotopic (exact) mass is 404 g/mol. The number of hydrogen-bond donors (Lipinski definition) is 2. The molecule has 2 atom stereocenters. The molecule has 0 saturated heterocycles. The van der Waals surface area contributed by atoms with Crippen LogP contribution in [-0.4, -0.2) is 5.91 Å². The molecule has 0 spiro atoms. The van der Waals surface area contributed by atoms with Gasteiger partial charge >= 0.3 is 0 Å². The van der Waals surface area contributed by atoms with Crippen LogP contribution in [0.3, 0.4) is 0 Å². The van der Waals surface area contributed by atoms with Crippen molar-refractivity contribution >= 4 is 33.0 Å². The molecule has 1 aliphatic carbocycles. The van der Waals surface area contributed by atoms with E-state index in [1.54, 1.807) is 11.3 Å². The number of amides is 1. The lowest BCUT2D eigenvalue weighted by Gasteiger charge is -2.36. The van der Waals surface area contributed by atoms with E-state index in [0.717, 1.165) is 29.0 Å². The highest BCUT2D eigenvalue weighted by atomic mass is 32.1. The Morgan fingerprint density at radius 1 is 1.10 bits per heavy atom. The minimum atomic E-state index is -0.191. The third-order valence-electron chi connectivity index (χ3n) is 7.19. The van der Waals surface area contributed by atoms with Crippen LogP contribution in [-0.2, 0) is 12.8 Å². The number of benzene rings is 2. The molecule has 1 aliphatic heterocycles. The van der Waals surface area contributed by atoms with Crippen LogP contribution in [0.4, 0.5) is 5.00 Å². The van der Waals surface area contributed by atoms with E-state index in [1.807, 2.05) is 0 Å². The number of rotatable bonds is 3. The van der Waals surface area contributed by atoms with E-state index in [4.69, 9.17) is 0 Å². The fourth-order valence-corrected chi connectivity index (χ4v) is 6.26. The highest BCUT2D eigenvalue weighted by molar-refractivity contribution is 7.16. The molecule has 3 nitrogen and oxygen atoms in total. The summed E-state index contributed by atoms with van der Waals surface area (Å²) >= 11 is 1.80. The van der Waals surface area contributed by atoms with Crippen molar-refractivity contribution in [1.82, 2.24) is 5.32 Å². The van der Waals surface area contributed by atoms with Crippen molar-refractivity contribution in [1.29, 1.82) is 0 Å². The number of nitrogens with one attached hydrogen (secondary N) is 2. The standard InChI is InChI=1S/C25H28N2OS/c1-4-25(2,3)16-12-13-19-20(14-16)29-24-21(19)23(28)26-22(27-24)18-11-7-9-15-8-5-6-10-17(15)18/h5-11,16,22,27H,4,12-14H2,1-3H3,(H,26,28)/t16-,22+/m1/s1. The smallest absolute Gasteiger partial charge is 0.256 e. The lowest BCUT2D eigenvalue weighted by atomic mass is 9.69. The normalized spacial score (nSPS) is 21.3. The molecular weight excluding hydrogens is 376 g/mol. The fraction of sp³-hybridized carbons (Fsp3) is 0.400. The van der Waals surface area contributed by atoms with Gasteiger partial charge < -0.3 is 10.6 Å². The lowest BCUT2D eigenvalue weighted by molar-refractivity contribution is 0.0935. The molecule has 0 bridgehead atoms. The predicted octanol–water partition coefficient (Wildman–Crippen LogP) is 6.30. The first-order chi connectivity index (χ1) is 14.0. The van der Waals surface area contributed by atoms with Gasteiger partial charge in [0.2, 0.25) is 0 Å². The Bertz CT molecular complexity index is 1090. The summed E-state index contributed by atoms with van der Waals surface area (Å²) in [5, 5.41) is 10.3. The second kappa shape index (κ2) is 6.88. The van der Waals surface area contributed by atoms with Crippen LogP contribution in [0.25, 0.3) is 10.8 Å². The molecule has 29 heavy (non-hydrogen) atoms. The quantitative estimate of drug-likeness (QED) is 0.538. The Labute approximate surface area is 176 Å². The van der Waals surface area contributed by atoms with Crippen LogP contribution in [0.2, 0.25) is 0 Å². The minimum absolute atomic E-state index is 0.0717. The predicted molar refractivity (Wildman–Crippen MR) is 122 cm³/mol. The fourth-order valence-electron chi connectivity index (χ4n) is 4.91. The third kappa shape index (κ3) is 3.05. The van der Waals surface area contributed by atoms with E-state index in [-0.39, 0.29) is 12.1 Å². The summed E-state index contributed by atoms with van der Waals surface area (Å²) in [4.78, 5) is 14.5. The molecule has 0 fully saturated rings. The Morgan fingerprint density at radius 3 is 2.72 bits per heavy atom. The van der Waals surface area contributed by atoms with Crippen LogP contribution >= 0.6 is 11.3 Å². The molecule has 0 unspecified atom stereocenters. The zero-order chi connectivity index (χ0) is 20.2. The maximum Gasteiger partial charge on any atom is 0.256 e. The largest absolute Gasteiger partial charge is 0.353 e. The van der Waals surface area contributed by atoms with Gasteiger partial charge in [-0.1, -0.05) is 69.7 Å². The first kappa shape index (κ1) is 18.7. The van der Waals surface area contributed by atoms with Gasteiger partial charge in [-0.15, -0.1) is 11.3 Å². The molecular formula is C25H28N2OS. The van der Waals surface area contributed by atoms with Crippen molar-refractivity contribution in [2.75, 3.05) is 5.32 Å². The molecule has 5 rings (SSSR count). The van der Waals surface area contributed by atoms with Crippen molar-refractivity contribution in [3.8, 4) is 0 Å². The van der Waals surface area contributed by atoms with Gasteiger partial charge in [0, 0.05) is 10.4 Å². The molecule has 4 heteroatoms. The zero-order valence-electron chi connectivity index (χ0n) is 17.3. The summed E-state index contributed by atoms with van der Waals surface area (Å²) < 4.78 is 0. The summed E-state index contributed by atoms with van der Waals surface area (Å²) in [6.07, 6.45) is 4.30. The van der Waals surface area contributed by atoms with Gasteiger partial charge in [-0.3, -0.25) is 4.79 Å². The van der Waals surface area contributed by atoms with Crippen molar-refractivity contribution in [3.63, 3.8) is 0 Å². The van der Waals surface area contributed by atoms with E-state index >= 15 is 0 Å². The second-order valence-corrected chi connectivity index (χ2v) is 10.2. The number of hydrogen-bond acceptors (Lipinski definition) is 3. The summed E-state index contributed by atoms with van der Waals surface area (Å²) in [7, 11) is 0. The van der Waals surface area contributed by atoms with Gasteiger partial charge in [-0.25, -0.2) is 0 Å². The average Bonchev–Trinajstić information content (AvgIpc) is 3.11. The summed E-state index contributed by atoms with van der Waals surface area (Å²) in [6, 6.07) is 14.7. The summed E-state index contributed by atoms with van der Waals surface area (Å²) in [5.41, 5.74) is 3.66. The van der Waals surface area contributed by atoms with E-state index in [1.165, 1.54) is 34.1 Å². The van der Waals surface area contributed by atoms with Crippen molar-refractivity contribution in [2.24, 2.45) is 11.3 Å². The third-order valence-corrected chi connectivity index (χ3v) is 8.38. The SMILES string of the molecule is CCC(C)(C)[C@@H]1CCc2c(sc3c2C(=O)N[C@H](c2cccc4ccccc24)N3)C1. The average molecular weight is 405 g/mol. The number of anilines is 1. The Balaban J connectivity index is 1.50. The van der Waals surface area contributed by atoms with Gasteiger partial charge in [0.15, 0.2) is 0 Å². The number of carbonyl (C=O) groups is 1. The van der Waals surface area contributed by atoms with Gasteiger partial charge in [0.05, 0.1) is 5.56 Å². The van der Waals surface area contributed by atoms with Crippen LogP contribution < -0.4 is 10.6 Å². The summed E-state index contributed by atoms with van der Waals surface area (Å²) in [6.45, 7) is 7.06.